The van der Waals surface area contributed by atoms with E-state index in [1.807, 2.05) is 0 Å². The molecule has 104 valence electrons. The first kappa shape index (κ1) is 16.1. The molecule has 1 atom stereocenters. The lowest BCUT2D eigenvalue weighted by Crippen LogP contribution is -2.21. The normalized spacial score (nSPS) is 11.9. The molecule has 1 amide bonds. The van der Waals surface area contributed by atoms with Crippen molar-refractivity contribution in [3.63, 3.8) is 0 Å². The molecule has 0 bridgehead atoms. The summed E-state index contributed by atoms with van der Waals surface area (Å²) in [6.45, 7) is 1.76. The summed E-state index contributed by atoms with van der Waals surface area (Å²) in [5.74, 6) is -1.18. The number of hydrogen-bond donors (Lipinski definition) is 2. The van der Waals surface area contributed by atoms with E-state index in [4.69, 9.17) is 28.3 Å². The van der Waals surface area contributed by atoms with E-state index >= 15 is 0 Å². The van der Waals surface area contributed by atoms with Gasteiger partial charge < -0.3 is 10.4 Å². The van der Waals surface area contributed by atoms with Gasteiger partial charge in [-0.2, -0.15) is 0 Å². The molecule has 0 spiro atoms. The predicted molar refractivity (Wildman–Crippen MR) is 79.3 cm³/mol. The molecule has 1 rings (SSSR count). The first-order valence-corrected chi connectivity index (χ1v) is 7.33. The molecule has 0 saturated carbocycles. The van der Waals surface area contributed by atoms with E-state index in [0.717, 1.165) is 11.8 Å². The Bertz CT molecular complexity index is 482. The van der Waals surface area contributed by atoms with Crippen LogP contribution in [0.4, 0.5) is 5.69 Å². The minimum atomic E-state index is -0.916. The SMILES string of the molecule is CCC(SCC(=O)Nc1cc(Cl)ccc1Cl)C(=O)O. The number of hydrogen-bond acceptors (Lipinski definition) is 3. The summed E-state index contributed by atoms with van der Waals surface area (Å²) in [5, 5.41) is 11.7. The number of carbonyl (C=O) groups is 2. The Hall–Kier alpha value is -0.910. The van der Waals surface area contributed by atoms with Crippen LogP contribution in [0.25, 0.3) is 0 Å². The Morgan fingerprint density at radius 2 is 2.11 bits per heavy atom. The molecule has 0 heterocycles. The van der Waals surface area contributed by atoms with Gasteiger partial charge in [0.1, 0.15) is 5.25 Å². The number of halogens is 2. The van der Waals surface area contributed by atoms with Crippen LogP contribution < -0.4 is 5.32 Å². The fraction of sp³-hybridized carbons (Fsp3) is 0.333. The second-order valence-electron chi connectivity index (χ2n) is 3.72. The Kier molecular flexibility index (Phi) is 6.48. The molecule has 2 N–H and O–H groups in total. The summed E-state index contributed by atoms with van der Waals surface area (Å²) < 4.78 is 0. The van der Waals surface area contributed by atoms with Crippen molar-refractivity contribution in [2.24, 2.45) is 0 Å². The van der Waals surface area contributed by atoms with Crippen molar-refractivity contribution in [2.45, 2.75) is 18.6 Å². The van der Waals surface area contributed by atoms with E-state index in [0.29, 0.717) is 22.2 Å². The van der Waals surface area contributed by atoms with Crippen LogP contribution in [0.15, 0.2) is 18.2 Å². The summed E-state index contributed by atoms with van der Waals surface area (Å²) in [7, 11) is 0. The van der Waals surface area contributed by atoms with E-state index < -0.39 is 11.2 Å². The van der Waals surface area contributed by atoms with Crippen LogP contribution in [0.2, 0.25) is 10.0 Å². The number of aliphatic carboxylic acids is 1. The maximum atomic E-state index is 11.7. The molecule has 1 aromatic carbocycles. The van der Waals surface area contributed by atoms with Crippen LogP contribution in [0.1, 0.15) is 13.3 Å². The number of carboxylic acid groups (broad SMARTS) is 1. The predicted octanol–water partition coefficient (Wildman–Crippen LogP) is 3.53. The maximum absolute atomic E-state index is 11.7. The molecule has 0 fully saturated rings. The zero-order chi connectivity index (χ0) is 14.4. The van der Waals surface area contributed by atoms with E-state index in [2.05, 4.69) is 5.32 Å². The fourth-order valence-electron chi connectivity index (χ4n) is 1.32. The molecule has 0 aliphatic heterocycles. The third kappa shape index (κ3) is 5.30. The topological polar surface area (TPSA) is 66.4 Å². The number of carboxylic acids is 1. The number of amides is 1. The van der Waals surface area contributed by atoms with Crippen molar-refractivity contribution < 1.29 is 14.7 Å². The van der Waals surface area contributed by atoms with Crippen LogP contribution >= 0.6 is 35.0 Å². The minimum Gasteiger partial charge on any atom is -0.480 e. The molecule has 4 nitrogen and oxygen atoms in total. The lowest BCUT2D eigenvalue weighted by Gasteiger charge is -2.10. The summed E-state index contributed by atoms with van der Waals surface area (Å²) in [6, 6.07) is 4.74. The second-order valence-corrected chi connectivity index (χ2v) is 5.75. The van der Waals surface area contributed by atoms with Crippen molar-refractivity contribution in [1.29, 1.82) is 0 Å². The number of anilines is 1. The number of thioether (sulfide) groups is 1. The fourth-order valence-corrected chi connectivity index (χ4v) is 2.46. The van der Waals surface area contributed by atoms with Crippen molar-refractivity contribution in [3.8, 4) is 0 Å². The molecule has 0 aromatic heterocycles. The first-order valence-electron chi connectivity index (χ1n) is 5.53. The summed E-state index contributed by atoms with van der Waals surface area (Å²) in [6.07, 6.45) is 0.463. The highest BCUT2D eigenvalue weighted by molar-refractivity contribution is 8.01. The van der Waals surface area contributed by atoms with Crippen LogP contribution in [-0.4, -0.2) is 28.0 Å². The summed E-state index contributed by atoms with van der Waals surface area (Å²) in [5.41, 5.74) is 0.420. The van der Waals surface area contributed by atoms with Gasteiger partial charge in [-0.25, -0.2) is 0 Å². The van der Waals surface area contributed by atoms with Gasteiger partial charge in [-0.15, -0.1) is 11.8 Å². The minimum absolute atomic E-state index is 0.0493. The van der Waals surface area contributed by atoms with Gasteiger partial charge in [0.2, 0.25) is 5.91 Å². The number of nitrogens with one attached hydrogen (secondary N) is 1. The Balaban J connectivity index is 2.56. The third-order valence-electron chi connectivity index (χ3n) is 2.26. The van der Waals surface area contributed by atoms with Gasteiger partial charge in [-0.3, -0.25) is 9.59 Å². The van der Waals surface area contributed by atoms with E-state index in [1.165, 1.54) is 0 Å². The molecule has 7 heteroatoms. The molecule has 0 aliphatic rings. The van der Waals surface area contributed by atoms with Crippen molar-refractivity contribution in [3.05, 3.63) is 28.2 Å². The van der Waals surface area contributed by atoms with Crippen LogP contribution in [0.3, 0.4) is 0 Å². The second kappa shape index (κ2) is 7.62. The molecule has 1 aromatic rings. The van der Waals surface area contributed by atoms with E-state index in [-0.39, 0.29) is 11.7 Å². The highest BCUT2D eigenvalue weighted by Gasteiger charge is 2.17. The first-order chi connectivity index (χ1) is 8.93. The highest BCUT2D eigenvalue weighted by atomic mass is 35.5. The molecular weight excluding hydrogens is 309 g/mol. The number of carbonyl (C=O) groups excluding carboxylic acids is 1. The van der Waals surface area contributed by atoms with Gasteiger partial charge in [0.15, 0.2) is 0 Å². The van der Waals surface area contributed by atoms with Gasteiger partial charge in [-0.05, 0) is 24.6 Å². The van der Waals surface area contributed by atoms with Gasteiger partial charge in [0.05, 0.1) is 16.5 Å². The highest BCUT2D eigenvalue weighted by Crippen LogP contribution is 2.25. The Morgan fingerprint density at radius 1 is 1.42 bits per heavy atom. The Labute approximate surface area is 125 Å². The van der Waals surface area contributed by atoms with E-state index in [9.17, 15) is 9.59 Å². The largest absolute Gasteiger partial charge is 0.480 e. The van der Waals surface area contributed by atoms with Gasteiger partial charge in [-0.1, -0.05) is 30.1 Å². The maximum Gasteiger partial charge on any atom is 0.316 e. The quantitative estimate of drug-likeness (QED) is 0.841. The number of benzene rings is 1. The van der Waals surface area contributed by atoms with Gasteiger partial charge >= 0.3 is 5.97 Å². The molecule has 0 saturated heterocycles. The molecular formula is C12H13Cl2NO3S. The third-order valence-corrected chi connectivity index (χ3v) is 4.20. The average molecular weight is 322 g/mol. The van der Waals surface area contributed by atoms with Crippen molar-refractivity contribution in [2.75, 3.05) is 11.1 Å². The molecule has 0 radical (unpaired) electrons. The van der Waals surface area contributed by atoms with Gasteiger partial charge in [0, 0.05) is 5.02 Å². The van der Waals surface area contributed by atoms with Crippen LogP contribution in [0, 0.1) is 0 Å². The van der Waals surface area contributed by atoms with Crippen molar-refractivity contribution in [1.82, 2.24) is 0 Å². The summed E-state index contributed by atoms with van der Waals surface area (Å²) >= 11 is 12.8. The lowest BCUT2D eigenvalue weighted by molar-refractivity contribution is -0.136. The standard InChI is InChI=1S/C12H13Cl2NO3S/c1-2-10(12(17)18)19-6-11(16)15-9-5-7(13)3-4-8(9)14/h3-5,10H,2,6H2,1H3,(H,15,16)(H,17,18). The van der Waals surface area contributed by atoms with Gasteiger partial charge in [0.25, 0.3) is 0 Å². The zero-order valence-electron chi connectivity index (χ0n) is 10.2. The van der Waals surface area contributed by atoms with Crippen LogP contribution in [-0.2, 0) is 9.59 Å². The average Bonchev–Trinajstić information content (AvgIpc) is 2.34. The molecule has 0 aliphatic carbocycles. The monoisotopic (exact) mass is 321 g/mol. The zero-order valence-corrected chi connectivity index (χ0v) is 12.5. The van der Waals surface area contributed by atoms with Crippen LogP contribution in [0.5, 0.6) is 0 Å². The lowest BCUT2D eigenvalue weighted by atomic mass is 10.3. The number of rotatable bonds is 6. The summed E-state index contributed by atoms with van der Waals surface area (Å²) in [4.78, 5) is 22.5. The smallest absolute Gasteiger partial charge is 0.316 e. The molecule has 19 heavy (non-hydrogen) atoms. The molecule has 1 unspecified atom stereocenters. The Morgan fingerprint density at radius 3 is 2.68 bits per heavy atom. The van der Waals surface area contributed by atoms with E-state index in [1.54, 1.807) is 25.1 Å². The van der Waals surface area contributed by atoms with Crippen molar-refractivity contribution >= 4 is 52.5 Å².